The molecule has 0 saturated carbocycles. The number of benzene rings is 2. The molecule has 1 saturated heterocycles. The third-order valence-electron chi connectivity index (χ3n) is 6.88. The summed E-state index contributed by atoms with van der Waals surface area (Å²) in [5, 5.41) is 2.10. The zero-order valence-electron chi connectivity index (χ0n) is 19.8. The molecule has 2 aliphatic heterocycles. The summed E-state index contributed by atoms with van der Waals surface area (Å²) in [6.07, 6.45) is 0.882. The molecule has 6 nitrogen and oxygen atoms in total. The van der Waals surface area contributed by atoms with Crippen LogP contribution in [-0.2, 0) is 11.2 Å². The molecule has 34 heavy (non-hydrogen) atoms. The Kier molecular flexibility index (Phi) is 6.74. The highest BCUT2D eigenvalue weighted by Crippen LogP contribution is 2.42. The van der Waals surface area contributed by atoms with Gasteiger partial charge in [0.05, 0.1) is 26.8 Å². The highest BCUT2D eigenvalue weighted by atomic mass is 32.1. The van der Waals surface area contributed by atoms with E-state index in [1.165, 1.54) is 21.7 Å². The van der Waals surface area contributed by atoms with Crippen LogP contribution in [0.1, 0.15) is 22.0 Å². The number of methoxy groups -OCH3 is 2. The van der Waals surface area contributed by atoms with Gasteiger partial charge in [0.15, 0.2) is 11.5 Å². The Bertz CT molecular complexity index is 1110. The van der Waals surface area contributed by atoms with Crippen molar-refractivity contribution >= 4 is 22.9 Å². The molecule has 2 aromatic carbocycles. The maximum atomic E-state index is 13.4. The van der Waals surface area contributed by atoms with E-state index in [1.54, 1.807) is 25.6 Å². The molecule has 0 bridgehead atoms. The van der Waals surface area contributed by atoms with Gasteiger partial charge in [-0.15, -0.1) is 11.3 Å². The summed E-state index contributed by atoms with van der Waals surface area (Å²) >= 11 is 1.74. The summed E-state index contributed by atoms with van der Waals surface area (Å²) in [5.41, 5.74) is 3.69. The molecule has 178 valence electrons. The molecule has 0 spiro atoms. The first-order valence-corrected chi connectivity index (χ1v) is 12.7. The van der Waals surface area contributed by atoms with Gasteiger partial charge in [0.25, 0.3) is 0 Å². The lowest BCUT2D eigenvalue weighted by Gasteiger charge is -2.40. The number of thiophene rings is 1. The molecule has 3 heterocycles. The average molecular weight is 478 g/mol. The van der Waals surface area contributed by atoms with Crippen molar-refractivity contribution in [3.63, 3.8) is 0 Å². The maximum Gasteiger partial charge on any atom is 0.236 e. The summed E-state index contributed by atoms with van der Waals surface area (Å²) in [4.78, 5) is 21.3. The lowest BCUT2D eigenvalue weighted by Crippen LogP contribution is -2.52. The highest BCUT2D eigenvalue weighted by molar-refractivity contribution is 7.10. The Labute approximate surface area is 205 Å². The van der Waals surface area contributed by atoms with Gasteiger partial charge in [-0.1, -0.05) is 24.3 Å². The molecule has 1 atom stereocenters. The molecule has 0 radical (unpaired) electrons. The second-order valence-electron chi connectivity index (χ2n) is 8.75. The first kappa shape index (κ1) is 22.7. The second kappa shape index (κ2) is 10.1. The summed E-state index contributed by atoms with van der Waals surface area (Å²) < 4.78 is 11.1. The Morgan fingerprint density at radius 1 is 0.941 bits per heavy atom. The predicted octanol–water partition coefficient (Wildman–Crippen LogP) is 4.06. The van der Waals surface area contributed by atoms with Crippen molar-refractivity contribution in [2.75, 3.05) is 58.4 Å². The van der Waals surface area contributed by atoms with E-state index >= 15 is 0 Å². The van der Waals surface area contributed by atoms with Crippen LogP contribution in [0.15, 0.2) is 60.0 Å². The Morgan fingerprint density at radius 3 is 2.35 bits per heavy atom. The SMILES string of the molecule is COc1cc2c(cc1OC)C(c1cccs1)N(CC(=O)N1CCN(c3ccccc3)CC1)CC2. The zero-order valence-corrected chi connectivity index (χ0v) is 20.6. The molecule has 1 amide bonds. The number of ether oxygens (including phenoxy) is 2. The van der Waals surface area contributed by atoms with Crippen molar-refractivity contribution in [1.82, 2.24) is 9.80 Å². The number of hydrogen-bond donors (Lipinski definition) is 0. The van der Waals surface area contributed by atoms with Crippen molar-refractivity contribution in [2.24, 2.45) is 0 Å². The normalized spacial score (nSPS) is 18.5. The van der Waals surface area contributed by atoms with E-state index in [9.17, 15) is 4.79 Å². The van der Waals surface area contributed by atoms with Crippen LogP contribution in [0.25, 0.3) is 0 Å². The molecule has 5 rings (SSSR count). The maximum absolute atomic E-state index is 13.4. The number of carbonyl (C=O) groups is 1. The van der Waals surface area contributed by atoms with Crippen LogP contribution in [0.4, 0.5) is 5.69 Å². The van der Waals surface area contributed by atoms with Crippen molar-refractivity contribution < 1.29 is 14.3 Å². The number of carbonyl (C=O) groups excluding carboxylic acids is 1. The molecule has 1 fully saturated rings. The molecular weight excluding hydrogens is 446 g/mol. The van der Waals surface area contributed by atoms with Crippen LogP contribution in [0.5, 0.6) is 11.5 Å². The average Bonchev–Trinajstić information content (AvgIpc) is 3.43. The van der Waals surface area contributed by atoms with Gasteiger partial charge < -0.3 is 19.3 Å². The van der Waals surface area contributed by atoms with Crippen LogP contribution >= 0.6 is 11.3 Å². The van der Waals surface area contributed by atoms with E-state index in [-0.39, 0.29) is 11.9 Å². The van der Waals surface area contributed by atoms with Gasteiger partial charge in [-0.25, -0.2) is 0 Å². The smallest absolute Gasteiger partial charge is 0.236 e. The fraction of sp³-hybridized carbons (Fsp3) is 0.370. The number of piperazine rings is 1. The molecule has 3 aromatic rings. The van der Waals surface area contributed by atoms with Crippen LogP contribution in [-0.4, -0.2) is 69.2 Å². The molecule has 1 aromatic heterocycles. The summed E-state index contributed by atoms with van der Waals surface area (Å²) in [6.45, 7) is 4.50. The standard InChI is InChI=1S/C27H31N3O3S/c1-32-23-17-20-10-11-30(27(25-9-6-16-34-25)22(20)18-24(23)33-2)19-26(31)29-14-12-28(13-15-29)21-7-4-3-5-8-21/h3-9,16-18,27H,10-15,19H2,1-2H3. The quantitative estimate of drug-likeness (QED) is 0.536. The van der Waals surface area contributed by atoms with Crippen LogP contribution in [0.2, 0.25) is 0 Å². The van der Waals surface area contributed by atoms with Gasteiger partial charge >= 0.3 is 0 Å². The number of fused-ring (bicyclic) bond motifs is 1. The first-order valence-electron chi connectivity index (χ1n) is 11.8. The van der Waals surface area contributed by atoms with Gasteiger partial charge in [0.1, 0.15) is 0 Å². The summed E-state index contributed by atoms with van der Waals surface area (Å²) in [7, 11) is 3.34. The van der Waals surface area contributed by atoms with Gasteiger partial charge in [0, 0.05) is 43.3 Å². The highest BCUT2D eigenvalue weighted by Gasteiger charge is 2.33. The number of rotatable bonds is 6. The second-order valence-corrected chi connectivity index (χ2v) is 9.73. The van der Waals surface area contributed by atoms with Crippen molar-refractivity contribution in [3.8, 4) is 11.5 Å². The fourth-order valence-electron chi connectivity index (χ4n) is 5.07. The summed E-state index contributed by atoms with van der Waals surface area (Å²) in [5.74, 6) is 1.69. The minimum atomic E-state index is 0.0399. The van der Waals surface area contributed by atoms with E-state index in [1.807, 2.05) is 11.0 Å². The fourth-order valence-corrected chi connectivity index (χ4v) is 5.95. The third kappa shape index (κ3) is 4.50. The van der Waals surface area contributed by atoms with Gasteiger partial charge in [-0.3, -0.25) is 9.69 Å². The molecule has 1 unspecified atom stereocenters. The van der Waals surface area contributed by atoms with Crippen LogP contribution in [0, 0.1) is 0 Å². The van der Waals surface area contributed by atoms with Crippen LogP contribution in [0.3, 0.4) is 0 Å². The van der Waals surface area contributed by atoms with Crippen molar-refractivity contribution in [1.29, 1.82) is 0 Å². The molecule has 7 heteroatoms. The Balaban J connectivity index is 1.33. The lowest BCUT2D eigenvalue weighted by molar-refractivity contribution is -0.133. The number of para-hydroxylation sites is 1. The van der Waals surface area contributed by atoms with E-state index in [0.29, 0.717) is 6.54 Å². The largest absolute Gasteiger partial charge is 0.493 e. The minimum Gasteiger partial charge on any atom is -0.493 e. The number of amides is 1. The molecule has 2 aliphatic rings. The van der Waals surface area contributed by atoms with Gasteiger partial charge in [-0.2, -0.15) is 0 Å². The zero-order chi connectivity index (χ0) is 23.5. The van der Waals surface area contributed by atoms with Gasteiger partial charge in [-0.05, 0) is 53.3 Å². The lowest BCUT2D eigenvalue weighted by atomic mass is 9.90. The van der Waals surface area contributed by atoms with Gasteiger partial charge in [0.2, 0.25) is 5.91 Å². The predicted molar refractivity (Wildman–Crippen MR) is 136 cm³/mol. The Hall–Kier alpha value is -3.03. The number of anilines is 1. The summed E-state index contributed by atoms with van der Waals surface area (Å²) in [6, 6.07) is 18.9. The van der Waals surface area contributed by atoms with Crippen LogP contribution < -0.4 is 14.4 Å². The number of hydrogen-bond acceptors (Lipinski definition) is 6. The molecule has 0 aliphatic carbocycles. The minimum absolute atomic E-state index is 0.0399. The topological polar surface area (TPSA) is 45.3 Å². The Morgan fingerprint density at radius 2 is 1.68 bits per heavy atom. The molecule has 0 N–H and O–H groups in total. The monoisotopic (exact) mass is 477 g/mol. The first-order chi connectivity index (χ1) is 16.7. The van der Waals surface area contributed by atoms with Crippen molar-refractivity contribution in [3.05, 3.63) is 76.0 Å². The molecular formula is C27H31N3O3S. The van der Waals surface area contributed by atoms with E-state index in [2.05, 4.69) is 63.7 Å². The van der Waals surface area contributed by atoms with E-state index < -0.39 is 0 Å². The van der Waals surface area contributed by atoms with Crippen molar-refractivity contribution in [2.45, 2.75) is 12.5 Å². The van der Waals surface area contributed by atoms with E-state index in [0.717, 1.165) is 50.6 Å². The number of nitrogens with zero attached hydrogens (tertiary/aromatic N) is 3. The van der Waals surface area contributed by atoms with E-state index in [4.69, 9.17) is 9.47 Å². The third-order valence-corrected chi connectivity index (χ3v) is 7.80.